The maximum absolute atomic E-state index is 12.2. The highest BCUT2D eigenvalue weighted by molar-refractivity contribution is 5.96. The van der Waals surface area contributed by atoms with Crippen molar-refractivity contribution in [3.05, 3.63) is 17.5 Å². The number of aromatic nitrogens is 2. The maximum atomic E-state index is 12.2. The lowest BCUT2D eigenvalue weighted by molar-refractivity contribution is -0.148. The molecule has 1 aromatic rings. The summed E-state index contributed by atoms with van der Waals surface area (Å²) >= 11 is 0. The van der Waals surface area contributed by atoms with Gasteiger partial charge in [0.05, 0.1) is 17.9 Å². The van der Waals surface area contributed by atoms with Crippen molar-refractivity contribution in [2.45, 2.75) is 45.8 Å². The van der Waals surface area contributed by atoms with Crippen LogP contribution in [0.4, 0.5) is 0 Å². The Morgan fingerprint density at radius 3 is 2.63 bits per heavy atom. The summed E-state index contributed by atoms with van der Waals surface area (Å²) in [5.41, 5.74) is 1.94. The second kappa shape index (κ2) is 5.03. The average molecular weight is 264 g/mol. The first-order valence-electron chi connectivity index (χ1n) is 6.56. The second-order valence-corrected chi connectivity index (χ2v) is 4.98. The lowest BCUT2D eigenvalue weighted by Gasteiger charge is -2.36. The number of nitrogens with zero attached hydrogens (tertiary/aromatic N) is 3. The third kappa shape index (κ3) is 2.47. The van der Waals surface area contributed by atoms with Crippen LogP contribution in [-0.2, 0) is 29.6 Å². The van der Waals surface area contributed by atoms with Crippen molar-refractivity contribution in [1.82, 2.24) is 20.0 Å². The molecule has 0 aromatic carbocycles. The van der Waals surface area contributed by atoms with Crippen LogP contribution in [0.1, 0.15) is 32.2 Å². The quantitative estimate of drug-likeness (QED) is 0.849. The zero-order valence-corrected chi connectivity index (χ0v) is 11.8. The number of carbonyl (C=O) groups is 2. The van der Waals surface area contributed by atoms with Crippen LogP contribution in [0, 0.1) is 0 Å². The highest BCUT2D eigenvalue weighted by atomic mass is 16.2. The molecule has 1 aliphatic rings. The monoisotopic (exact) mass is 264 g/mol. The first-order chi connectivity index (χ1) is 8.93. The topological polar surface area (TPSA) is 67.2 Å². The normalized spacial score (nSPS) is 23.7. The van der Waals surface area contributed by atoms with E-state index in [1.54, 1.807) is 23.4 Å². The van der Waals surface area contributed by atoms with Gasteiger partial charge in [0.15, 0.2) is 0 Å². The summed E-state index contributed by atoms with van der Waals surface area (Å²) in [5.74, 6) is -0.156. The first-order valence-corrected chi connectivity index (χ1v) is 6.56. The summed E-state index contributed by atoms with van der Waals surface area (Å²) in [5, 5.41) is 7.03. The van der Waals surface area contributed by atoms with Crippen molar-refractivity contribution in [2.75, 3.05) is 0 Å². The molecule has 2 atom stereocenters. The van der Waals surface area contributed by atoms with E-state index in [-0.39, 0.29) is 11.8 Å². The zero-order chi connectivity index (χ0) is 14.2. The Hall–Kier alpha value is -1.85. The van der Waals surface area contributed by atoms with E-state index in [1.165, 1.54) is 0 Å². The fraction of sp³-hybridized carbons (Fsp3) is 0.615. The van der Waals surface area contributed by atoms with Gasteiger partial charge in [0.1, 0.15) is 12.1 Å². The Morgan fingerprint density at radius 2 is 2.05 bits per heavy atom. The number of hydrogen-bond donors (Lipinski definition) is 1. The summed E-state index contributed by atoms with van der Waals surface area (Å²) < 4.78 is 1.77. The number of piperazine rings is 1. The number of amides is 2. The summed E-state index contributed by atoms with van der Waals surface area (Å²) in [4.78, 5) is 25.5. The van der Waals surface area contributed by atoms with Crippen molar-refractivity contribution in [2.24, 2.45) is 7.05 Å². The van der Waals surface area contributed by atoms with Gasteiger partial charge in [-0.1, -0.05) is 6.92 Å². The Kier molecular flexibility index (Phi) is 3.59. The third-order valence-corrected chi connectivity index (χ3v) is 3.58. The van der Waals surface area contributed by atoms with Crippen LogP contribution in [0.25, 0.3) is 0 Å². The Balaban J connectivity index is 2.22. The third-order valence-electron chi connectivity index (χ3n) is 3.58. The van der Waals surface area contributed by atoms with E-state index in [9.17, 15) is 9.59 Å². The lowest BCUT2D eigenvalue weighted by Crippen LogP contribution is -2.61. The number of nitrogens with one attached hydrogen (secondary N) is 1. The summed E-state index contributed by atoms with van der Waals surface area (Å²) in [6, 6.07) is 1.09. The molecule has 0 bridgehead atoms. The maximum Gasteiger partial charge on any atom is 0.245 e. The summed E-state index contributed by atoms with van der Waals surface area (Å²) in [6.45, 7) is 5.91. The van der Waals surface area contributed by atoms with Crippen LogP contribution in [0.2, 0.25) is 0 Å². The molecule has 1 N–H and O–H groups in total. The molecule has 1 fully saturated rings. The Morgan fingerprint density at radius 1 is 1.37 bits per heavy atom. The molecule has 0 aliphatic carbocycles. The van der Waals surface area contributed by atoms with Gasteiger partial charge in [0.25, 0.3) is 0 Å². The predicted molar refractivity (Wildman–Crippen MR) is 70.2 cm³/mol. The fourth-order valence-corrected chi connectivity index (χ4v) is 2.26. The van der Waals surface area contributed by atoms with E-state index < -0.39 is 12.1 Å². The molecule has 2 heterocycles. The fourth-order valence-electron chi connectivity index (χ4n) is 2.26. The molecular formula is C13H20N4O2. The van der Waals surface area contributed by atoms with E-state index in [0.717, 1.165) is 17.8 Å². The number of hydrogen-bond acceptors (Lipinski definition) is 3. The molecule has 0 radical (unpaired) electrons. The predicted octanol–water partition coefficient (Wildman–Crippen LogP) is 0.218. The lowest BCUT2D eigenvalue weighted by atomic mass is 10.1. The van der Waals surface area contributed by atoms with Crippen LogP contribution in [0.5, 0.6) is 0 Å². The molecular weight excluding hydrogens is 244 g/mol. The Labute approximate surface area is 112 Å². The standard InChI is InChI=1S/C13H20N4O2/c1-5-10-6-11(16(4)15-10)7-17-9(3)12(18)14-8(2)13(17)19/h6,8-9H,5,7H2,1-4H3,(H,14,18). The molecule has 0 spiro atoms. The van der Waals surface area contributed by atoms with Crippen LogP contribution in [0.15, 0.2) is 6.07 Å². The van der Waals surface area contributed by atoms with Crippen molar-refractivity contribution >= 4 is 11.8 Å². The minimum absolute atomic E-state index is 0.0497. The van der Waals surface area contributed by atoms with Gasteiger partial charge in [0, 0.05) is 7.05 Å². The second-order valence-electron chi connectivity index (χ2n) is 4.98. The smallest absolute Gasteiger partial charge is 0.245 e. The molecule has 1 aliphatic heterocycles. The van der Waals surface area contributed by atoms with Gasteiger partial charge >= 0.3 is 0 Å². The molecule has 1 saturated heterocycles. The van der Waals surface area contributed by atoms with E-state index in [0.29, 0.717) is 6.54 Å². The van der Waals surface area contributed by atoms with Gasteiger partial charge in [-0.25, -0.2) is 0 Å². The van der Waals surface area contributed by atoms with Crippen molar-refractivity contribution in [1.29, 1.82) is 0 Å². The van der Waals surface area contributed by atoms with Crippen LogP contribution in [0.3, 0.4) is 0 Å². The molecule has 19 heavy (non-hydrogen) atoms. The van der Waals surface area contributed by atoms with Crippen LogP contribution < -0.4 is 5.32 Å². The van der Waals surface area contributed by atoms with Gasteiger partial charge in [-0.3, -0.25) is 14.3 Å². The van der Waals surface area contributed by atoms with E-state index >= 15 is 0 Å². The molecule has 2 rings (SSSR count). The van der Waals surface area contributed by atoms with Gasteiger partial charge in [-0.15, -0.1) is 0 Å². The molecule has 0 saturated carbocycles. The summed E-state index contributed by atoms with van der Waals surface area (Å²) in [6.07, 6.45) is 0.855. The van der Waals surface area contributed by atoms with Crippen molar-refractivity contribution < 1.29 is 9.59 Å². The van der Waals surface area contributed by atoms with Gasteiger partial charge in [-0.2, -0.15) is 5.10 Å². The number of aryl methyl sites for hydroxylation is 2. The van der Waals surface area contributed by atoms with Crippen LogP contribution >= 0.6 is 0 Å². The minimum Gasteiger partial charge on any atom is -0.343 e. The van der Waals surface area contributed by atoms with Gasteiger partial charge < -0.3 is 10.2 Å². The molecule has 104 valence electrons. The van der Waals surface area contributed by atoms with Crippen molar-refractivity contribution in [3.8, 4) is 0 Å². The number of rotatable bonds is 3. The number of carbonyl (C=O) groups excluding carboxylic acids is 2. The zero-order valence-electron chi connectivity index (χ0n) is 11.8. The molecule has 2 amide bonds. The highest BCUT2D eigenvalue weighted by Crippen LogP contribution is 2.15. The van der Waals surface area contributed by atoms with Crippen molar-refractivity contribution in [3.63, 3.8) is 0 Å². The molecule has 2 unspecified atom stereocenters. The van der Waals surface area contributed by atoms with E-state index in [2.05, 4.69) is 10.4 Å². The van der Waals surface area contributed by atoms with Gasteiger partial charge in [-0.05, 0) is 26.3 Å². The largest absolute Gasteiger partial charge is 0.343 e. The Bertz CT molecular complexity index is 509. The molecule has 6 heteroatoms. The average Bonchev–Trinajstić information content (AvgIpc) is 2.73. The van der Waals surface area contributed by atoms with E-state index in [1.807, 2.05) is 20.0 Å². The molecule has 6 nitrogen and oxygen atoms in total. The first kappa shape index (κ1) is 13.6. The summed E-state index contributed by atoms with van der Waals surface area (Å²) in [7, 11) is 1.86. The SMILES string of the molecule is CCc1cc(CN2C(=O)C(C)NC(=O)C2C)n(C)n1. The van der Waals surface area contributed by atoms with Crippen LogP contribution in [-0.4, -0.2) is 38.6 Å². The highest BCUT2D eigenvalue weighted by Gasteiger charge is 2.36. The minimum atomic E-state index is -0.456. The van der Waals surface area contributed by atoms with E-state index in [4.69, 9.17) is 0 Å². The molecule has 1 aromatic heterocycles. The van der Waals surface area contributed by atoms with Gasteiger partial charge in [0.2, 0.25) is 11.8 Å².